The smallest absolute Gasteiger partial charge is 0.0852 e. The lowest BCUT2D eigenvalue weighted by atomic mass is 10.2. The topological polar surface area (TPSA) is 39.9 Å². The van der Waals surface area contributed by atoms with Crippen LogP contribution in [0.5, 0.6) is 0 Å². The van der Waals surface area contributed by atoms with Gasteiger partial charge in [0.1, 0.15) is 0 Å². The van der Waals surface area contributed by atoms with Crippen molar-refractivity contribution in [2.75, 3.05) is 13.7 Å². The second kappa shape index (κ2) is 4.21. The molecule has 0 N–H and O–H groups in total. The van der Waals surface area contributed by atoms with Gasteiger partial charge in [-0.05, 0) is 5.92 Å². The maximum atomic E-state index is 4.91. The molecule has 12 heavy (non-hydrogen) atoms. The lowest BCUT2D eigenvalue weighted by Crippen LogP contribution is -2.07. The molecule has 4 nitrogen and oxygen atoms in total. The first-order chi connectivity index (χ1) is 5.74. The van der Waals surface area contributed by atoms with Gasteiger partial charge in [0.25, 0.3) is 0 Å². The second-order valence-electron chi connectivity index (χ2n) is 3.01. The summed E-state index contributed by atoms with van der Waals surface area (Å²) >= 11 is 0. The molecule has 1 heterocycles. The van der Waals surface area contributed by atoms with E-state index in [2.05, 4.69) is 24.0 Å². The molecule has 0 fully saturated rings. The Morgan fingerprint density at radius 1 is 1.58 bits per heavy atom. The van der Waals surface area contributed by atoms with Crippen LogP contribution in [-0.4, -0.2) is 28.7 Å². The molecule has 68 valence electrons. The van der Waals surface area contributed by atoms with Crippen molar-refractivity contribution < 1.29 is 4.74 Å². The largest absolute Gasteiger partial charge is 0.383 e. The summed E-state index contributed by atoms with van der Waals surface area (Å²) in [4.78, 5) is 1.67. The van der Waals surface area contributed by atoms with E-state index >= 15 is 0 Å². The third-order valence-electron chi connectivity index (χ3n) is 1.64. The van der Waals surface area contributed by atoms with Gasteiger partial charge in [0.2, 0.25) is 0 Å². The van der Waals surface area contributed by atoms with Crippen LogP contribution >= 0.6 is 0 Å². The number of aromatic nitrogens is 3. The average Bonchev–Trinajstić information content (AvgIpc) is 2.48. The van der Waals surface area contributed by atoms with Crippen molar-refractivity contribution in [1.29, 1.82) is 0 Å². The molecule has 0 bridgehead atoms. The van der Waals surface area contributed by atoms with Gasteiger partial charge >= 0.3 is 0 Å². The van der Waals surface area contributed by atoms with Crippen molar-refractivity contribution in [3.8, 4) is 0 Å². The van der Waals surface area contributed by atoms with E-state index in [1.54, 1.807) is 18.1 Å². The SMILES string of the molecule is COCCn1ncc(C(C)C)n1. The van der Waals surface area contributed by atoms with Gasteiger partial charge in [-0.2, -0.15) is 15.0 Å². The van der Waals surface area contributed by atoms with Gasteiger partial charge in [-0.3, -0.25) is 0 Å². The Hall–Kier alpha value is -0.900. The monoisotopic (exact) mass is 169 g/mol. The Morgan fingerprint density at radius 3 is 2.83 bits per heavy atom. The molecule has 4 heteroatoms. The van der Waals surface area contributed by atoms with E-state index in [1.165, 1.54) is 0 Å². The summed E-state index contributed by atoms with van der Waals surface area (Å²) in [6.07, 6.45) is 1.81. The first kappa shape index (κ1) is 9.19. The Bertz CT molecular complexity index is 232. The molecule has 0 spiro atoms. The maximum Gasteiger partial charge on any atom is 0.0852 e. The van der Waals surface area contributed by atoms with Gasteiger partial charge in [0.15, 0.2) is 0 Å². The molecule has 0 aliphatic carbocycles. The predicted molar refractivity (Wildman–Crippen MR) is 46.0 cm³/mol. The molecule has 0 atom stereocenters. The van der Waals surface area contributed by atoms with Gasteiger partial charge in [-0.25, -0.2) is 0 Å². The van der Waals surface area contributed by atoms with E-state index < -0.39 is 0 Å². The molecule has 0 aromatic carbocycles. The second-order valence-corrected chi connectivity index (χ2v) is 3.01. The molecule has 1 aromatic rings. The average molecular weight is 169 g/mol. The summed E-state index contributed by atoms with van der Waals surface area (Å²) in [5.41, 5.74) is 1.03. The van der Waals surface area contributed by atoms with Crippen LogP contribution in [0, 0.1) is 0 Å². The Balaban J connectivity index is 2.52. The number of hydrogen-bond donors (Lipinski definition) is 0. The molecular formula is C8H15N3O. The maximum absolute atomic E-state index is 4.91. The fraction of sp³-hybridized carbons (Fsp3) is 0.750. The standard InChI is InChI=1S/C8H15N3O/c1-7(2)8-6-9-11(10-8)4-5-12-3/h6-7H,4-5H2,1-3H3. The highest BCUT2D eigenvalue weighted by atomic mass is 16.5. The van der Waals surface area contributed by atoms with Gasteiger partial charge in [-0.15, -0.1) is 0 Å². The lowest BCUT2D eigenvalue weighted by Gasteiger charge is -1.98. The molecular weight excluding hydrogens is 154 g/mol. The van der Waals surface area contributed by atoms with Crippen LogP contribution in [0.15, 0.2) is 6.20 Å². The van der Waals surface area contributed by atoms with Crippen molar-refractivity contribution in [1.82, 2.24) is 15.0 Å². The fourth-order valence-electron chi connectivity index (χ4n) is 0.856. The van der Waals surface area contributed by atoms with Crippen LogP contribution in [0.4, 0.5) is 0 Å². The minimum atomic E-state index is 0.446. The molecule has 0 saturated heterocycles. The van der Waals surface area contributed by atoms with Crippen molar-refractivity contribution >= 4 is 0 Å². The van der Waals surface area contributed by atoms with Crippen LogP contribution in [0.1, 0.15) is 25.5 Å². The molecule has 0 aliphatic rings. The molecule has 0 aliphatic heterocycles. The third kappa shape index (κ3) is 2.30. The summed E-state index contributed by atoms with van der Waals surface area (Å²) in [5, 5.41) is 8.37. The van der Waals surface area contributed by atoms with Crippen molar-refractivity contribution in [2.45, 2.75) is 26.3 Å². The minimum absolute atomic E-state index is 0.446. The molecule has 0 radical (unpaired) electrons. The van der Waals surface area contributed by atoms with Crippen LogP contribution in [-0.2, 0) is 11.3 Å². The molecule has 1 aromatic heterocycles. The highest BCUT2D eigenvalue weighted by Crippen LogP contribution is 2.08. The molecule has 1 rings (SSSR count). The summed E-state index contributed by atoms with van der Waals surface area (Å²) < 4.78 is 4.91. The zero-order valence-corrected chi connectivity index (χ0v) is 7.82. The van der Waals surface area contributed by atoms with Gasteiger partial charge in [-0.1, -0.05) is 13.8 Å². The normalized spacial score (nSPS) is 11.0. The first-order valence-electron chi connectivity index (χ1n) is 4.13. The predicted octanol–water partition coefficient (Wildman–Crippen LogP) is 1.05. The van der Waals surface area contributed by atoms with Crippen molar-refractivity contribution in [3.05, 3.63) is 11.9 Å². The Kier molecular flexibility index (Phi) is 3.22. The van der Waals surface area contributed by atoms with E-state index in [-0.39, 0.29) is 0 Å². The van der Waals surface area contributed by atoms with E-state index in [4.69, 9.17) is 4.74 Å². The summed E-state index contributed by atoms with van der Waals surface area (Å²) in [5.74, 6) is 0.446. The number of ether oxygens (including phenoxy) is 1. The van der Waals surface area contributed by atoms with Crippen LogP contribution in [0.25, 0.3) is 0 Å². The van der Waals surface area contributed by atoms with Gasteiger partial charge in [0, 0.05) is 7.11 Å². The minimum Gasteiger partial charge on any atom is -0.383 e. The number of nitrogens with zero attached hydrogens (tertiary/aromatic N) is 3. The zero-order valence-electron chi connectivity index (χ0n) is 7.82. The summed E-state index contributed by atoms with van der Waals surface area (Å²) in [6, 6.07) is 0. The summed E-state index contributed by atoms with van der Waals surface area (Å²) in [7, 11) is 1.67. The van der Waals surface area contributed by atoms with Gasteiger partial charge in [0.05, 0.1) is 25.0 Å². The van der Waals surface area contributed by atoms with E-state index in [9.17, 15) is 0 Å². The Morgan fingerprint density at radius 2 is 2.33 bits per heavy atom. The quantitative estimate of drug-likeness (QED) is 0.676. The van der Waals surface area contributed by atoms with E-state index in [0.29, 0.717) is 12.5 Å². The first-order valence-corrected chi connectivity index (χ1v) is 4.13. The van der Waals surface area contributed by atoms with Crippen LogP contribution in [0.3, 0.4) is 0 Å². The number of rotatable bonds is 4. The third-order valence-corrected chi connectivity index (χ3v) is 1.64. The van der Waals surface area contributed by atoms with Crippen molar-refractivity contribution in [2.24, 2.45) is 0 Å². The molecule has 0 saturated carbocycles. The Labute approximate surface area is 72.5 Å². The summed E-state index contributed by atoms with van der Waals surface area (Å²) in [6.45, 7) is 5.59. The number of methoxy groups -OCH3 is 1. The van der Waals surface area contributed by atoms with Crippen LogP contribution < -0.4 is 0 Å². The van der Waals surface area contributed by atoms with E-state index in [1.807, 2.05) is 0 Å². The molecule has 0 unspecified atom stereocenters. The van der Waals surface area contributed by atoms with Crippen LogP contribution in [0.2, 0.25) is 0 Å². The zero-order chi connectivity index (χ0) is 8.97. The highest BCUT2D eigenvalue weighted by molar-refractivity contribution is 4.97. The van der Waals surface area contributed by atoms with Crippen molar-refractivity contribution in [3.63, 3.8) is 0 Å². The fourth-order valence-corrected chi connectivity index (χ4v) is 0.856. The lowest BCUT2D eigenvalue weighted by molar-refractivity contribution is 0.178. The van der Waals surface area contributed by atoms with E-state index in [0.717, 1.165) is 12.2 Å². The molecule has 0 amide bonds. The highest BCUT2D eigenvalue weighted by Gasteiger charge is 2.03. The van der Waals surface area contributed by atoms with Gasteiger partial charge < -0.3 is 4.74 Å². The number of hydrogen-bond acceptors (Lipinski definition) is 3.